The Kier molecular flexibility index (Phi) is 6.71. The Bertz CT molecular complexity index is 746. The van der Waals surface area contributed by atoms with Crippen molar-refractivity contribution in [1.82, 2.24) is 0 Å². The van der Waals surface area contributed by atoms with Crippen LogP contribution >= 0.6 is 11.6 Å². The van der Waals surface area contributed by atoms with Gasteiger partial charge in [0.15, 0.2) is 0 Å². The number of nitrogens with zero attached hydrogens (tertiary/aromatic N) is 1. The maximum Gasteiger partial charge on any atom is 0.377 e. The number of halogens is 1. The van der Waals surface area contributed by atoms with Crippen LogP contribution in [0.25, 0.3) is 0 Å². The first-order valence-electron chi connectivity index (χ1n) is 7.59. The van der Waals surface area contributed by atoms with E-state index >= 15 is 0 Å². The third kappa shape index (κ3) is 5.16. The van der Waals surface area contributed by atoms with Crippen molar-refractivity contribution in [2.75, 3.05) is 26.2 Å². The normalized spacial score (nSPS) is 11.0. The van der Waals surface area contributed by atoms with Gasteiger partial charge >= 0.3 is 5.97 Å². The fourth-order valence-corrected chi connectivity index (χ4v) is 2.44. The number of ether oxygens (including phenoxy) is 3. The molecule has 132 valence electrons. The van der Waals surface area contributed by atoms with Crippen LogP contribution in [-0.4, -0.2) is 27.2 Å². The molecular formula is C19H20ClNO4. The van der Waals surface area contributed by atoms with Crippen molar-refractivity contribution in [3.05, 3.63) is 71.1 Å². The summed E-state index contributed by atoms with van der Waals surface area (Å²) in [5.41, 5.74) is 1.87. The molecule has 0 aliphatic carbocycles. The number of benzene rings is 2. The Morgan fingerprint density at radius 3 is 2.52 bits per heavy atom. The standard InChI is InChI=1S/C19H20ClNO4/c1-21(16-7-5-4-6-8-16)12-14-11-15(20)9-10-17(14)25-18(13-23-2)19(22)24-3/h4-11,13H,12H2,1-3H3. The molecule has 6 heteroatoms. The second-order valence-electron chi connectivity index (χ2n) is 5.26. The topological polar surface area (TPSA) is 48.0 Å². The summed E-state index contributed by atoms with van der Waals surface area (Å²) < 4.78 is 15.3. The molecule has 0 bridgehead atoms. The average molecular weight is 362 g/mol. The van der Waals surface area contributed by atoms with Gasteiger partial charge in [0.1, 0.15) is 12.0 Å². The van der Waals surface area contributed by atoms with Crippen LogP contribution in [0.3, 0.4) is 0 Å². The number of anilines is 1. The van der Waals surface area contributed by atoms with Gasteiger partial charge < -0.3 is 19.1 Å². The maximum atomic E-state index is 11.8. The van der Waals surface area contributed by atoms with Gasteiger partial charge in [0.2, 0.25) is 5.76 Å². The van der Waals surface area contributed by atoms with Gasteiger partial charge in [-0.15, -0.1) is 0 Å². The number of hydrogen-bond acceptors (Lipinski definition) is 5. The molecule has 0 amide bonds. The van der Waals surface area contributed by atoms with Crippen molar-refractivity contribution < 1.29 is 19.0 Å². The van der Waals surface area contributed by atoms with Crippen molar-refractivity contribution >= 4 is 23.3 Å². The third-order valence-electron chi connectivity index (χ3n) is 3.46. The van der Waals surface area contributed by atoms with Gasteiger partial charge in [-0.1, -0.05) is 29.8 Å². The zero-order valence-corrected chi connectivity index (χ0v) is 15.1. The van der Waals surface area contributed by atoms with E-state index in [1.54, 1.807) is 18.2 Å². The lowest BCUT2D eigenvalue weighted by atomic mass is 10.1. The average Bonchev–Trinajstić information content (AvgIpc) is 2.63. The molecule has 0 unspecified atom stereocenters. The first-order chi connectivity index (χ1) is 12.0. The zero-order valence-electron chi connectivity index (χ0n) is 14.4. The van der Waals surface area contributed by atoms with Gasteiger partial charge in [-0.05, 0) is 30.3 Å². The summed E-state index contributed by atoms with van der Waals surface area (Å²) in [6.45, 7) is 0.543. The summed E-state index contributed by atoms with van der Waals surface area (Å²) in [6.07, 6.45) is 1.20. The molecule has 0 aliphatic rings. The van der Waals surface area contributed by atoms with Gasteiger partial charge in [-0.3, -0.25) is 0 Å². The van der Waals surface area contributed by atoms with E-state index in [-0.39, 0.29) is 5.76 Å². The number of hydrogen-bond donors (Lipinski definition) is 0. The Morgan fingerprint density at radius 1 is 1.16 bits per heavy atom. The molecule has 2 rings (SSSR count). The van der Waals surface area contributed by atoms with Gasteiger partial charge in [-0.25, -0.2) is 4.79 Å². The molecular weight excluding hydrogens is 342 g/mol. The van der Waals surface area contributed by atoms with Crippen LogP contribution in [0.2, 0.25) is 5.02 Å². The summed E-state index contributed by atoms with van der Waals surface area (Å²) in [5, 5.41) is 0.583. The summed E-state index contributed by atoms with van der Waals surface area (Å²) in [7, 11) is 4.67. The van der Waals surface area contributed by atoms with Crippen molar-refractivity contribution in [3.8, 4) is 5.75 Å². The zero-order chi connectivity index (χ0) is 18.2. The Hall–Kier alpha value is -2.66. The van der Waals surface area contributed by atoms with Crippen LogP contribution in [0.1, 0.15) is 5.56 Å². The van der Waals surface area contributed by atoms with Crippen LogP contribution in [0, 0.1) is 0 Å². The van der Waals surface area contributed by atoms with Crippen LogP contribution in [0.5, 0.6) is 5.75 Å². The molecule has 0 aromatic heterocycles. The monoisotopic (exact) mass is 361 g/mol. The minimum atomic E-state index is -0.626. The van der Waals surface area contributed by atoms with Gasteiger partial charge in [0.25, 0.3) is 0 Å². The molecule has 0 atom stereocenters. The molecule has 0 N–H and O–H groups in total. The fraction of sp³-hybridized carbons (Fsp3) is 0.211. The van der Waals surface area contributed by atoms with Crippen molar-refractivity contribution in [2.45, 2.75) is 6.54 Å². The van der Waals surface area contributed by atoms with Gasteiger partial charge in [0.05, 0.1) is 14.2 Å². The number of esters is 1. The van der Waals surface area contributed by atoms with E-state index in [1.165, 1.54) is 20.5 Å². The number of carbonyl (C=O) groups is 1. The maximum absolute atomic E-state index is 11.8. The second-order valence-corrected chi connectivity index (χ2v) is 5.69. The van der Waals surface area contributed by atoms with Gasteiger partial charge in [-0.2, -0.15) is 0 Å². The molecule has 0 fully saturated rings. The highest BCUT2D eigenvalue weighted by Gasteiger charge is 2.16. The van der Waals surface area contributed by atoms with Crippen LogP contribution < -0.4 is 9.64 Å². The number of para-hydroxylation sites is 1. The summed E-state index contributed by atoms with van der Waals surface area (Å²) in [4.78, 5) is 13.8. The Labute approximate surface area is 152 Å². The van der Waals surface area contributed by atoms with Crippen molar-refractivity contribution in [3.63, 3.8) is 0 Å². The number of rotatable bonds is 7. The quantitative estimate of drug-likeness (QED) is 0.423. The molecule has 25 heavy (non-hydrogen) atoms. The summed E-state index contributed by atoms with van der Waals surface area (Å²) >= 11 is 6.13. The minimum Gasteiger partial charge on any atom is -0.500 e. The van der Waals surface area contributed by atoms with Crippen LogP contribution in [0.4, 0.5) is 5.69 Å². The lowest BCUT2D eigenvalue weighted by molar-refractivity contribution is -0.138. The molecule has 0 radical (unpaired) electrons. The lowest BCUT2D eigenvalue weighted by Gasteiger charge is -2.21. The van der Waals surface area contributed by atoms with Crippen molar-refractivity contribution in [1.29, 1.82) is 0 Å². The molecule has 0 saturated heterocycles. The molecule has 2 aromatic rings. The smallest absolute Gasteiger partial charge is 0.377 e. The van der Waals surface area contributed by atoms with E-state index in [0.29, 0.717) is 17.3 Å². The van der Waals surface area contributed by atoms with E-state index in [1.807, 2.05) is 37.4 Å². The van der Waals surface area contributed by atoms with E-state index < -0.39 is 5.97 Å². The predicted molar refractivity (Wildman–Crippen MR) is 97.7 cm³/mol. The molecule has 0 saturated carbocycles. The highest BCUT2D eigenvalue weighted by atomic mass is 35.5. The highest BCUT2D eigenvalue weighted by Crippen LogP contribution is 2.27. The first kappa shape index (κ1) is 18.7. The summed E-state index contributed by atoms with van der Waals surface area (Å²) in [5.74, 6) is -0.170. The Morgan fingerprint density at radius 2 is 1.88 bits per heavy atom. The van der Waals surface area contributed by atoms with Crippen LogP contribution in [-0.2, 0) is 20.8 Å². The largest absolute Gasteiger partial charge is 0.500 e. The highest BCUT2D eigenvalue weighted by molar-refractivity contribution is 6.30. The third-order valence-corrected chi connectivity index (χ3v) is 3.69. The first-order valence-corrected chi connectivity index (χ1v) is 7.96. The van der Waals surface area contributed by atoms with Crippen LogP contribution in [0.15, 0.2) is 60.6 Å². The van der Waals surface area contributed by atoms with Crippen molar-refractivity contribution in [2.24, 2.45) is 0 Å². The lowest BCUT2D eigenvalue weighted by Crippen LogP contribution is -2.18. The van der Waals surface area contributed by atoms with E-state index in [9.17, 15) is 4.79 Å². The minimum absolute atomic E-state index is 0.0454. The molecule has 0 heterocycles. The number of methoxy groups -OCH3 is 2. The fourth-order valence-electron chi connectivity index (χ4n) is 2.24. The van der Waals surface area contributed by atoms with Gasteiger partial charge in [0, 0.05) is 29.9 Å². The van der Waals surface area contributed by atoms with E-state index in [2.05, 4.69) is 4.90 Å². The molecule has 2 aromatic carbocycles. The summed E-state index contributed by atoms with van der Waals surface area (Å²) in [6, 6.07) is 15.1. The predicted octanol–water partition coefficient (Wildman–Crippen LogP) is 4.02. The second kappa shape index (κ2) is 8.99. The van der Waals surface area contributed by atoms with E-state index in [0.717, 1.165) is 11.3 Å². The van der Waals surface area contributed by atoms with E-state index in [4.69, 9.17) is 25.8 Å². The molecule has 5 nitrogen and oxygen atoms in total. The number of carbonyl (C=O) groups excluding carboxylic acids is 1. The Balaban J connectivity index is 2.28. The molecule has 0 spiro atoms. The SMILES string of the molecule is COC=C(Oc1ccc(Cl)cc1CN(C)c1ccccc1)C(=O)OC. The molecule has 0 aliphatic heterocycles.